The molecule has 1 aromatic heterocycles. The van der Waals surface area contributed by atoms with Gasteiger partial charge in [0.1, 0.15) is 5.76 Å². The van der Waals surface area contributed by atoms with E-state index in [4.69, 9.17) is 13.9 Å². The molecule has 2 heterocycles. The predicted molar refractivity (Wildman–Crippen MR) is 111 cm³/mol. The molecule has 9 heteroatoms. The topological polar surface area (TPSA) is 68.0 Å². The number of nitrogens with one attached hydrogen (secondary N) is 2. The molecule has 6 nitrogen and oxygen atoms in total. The van der Waals surface area contributed by atoms with E-state index in [0.717, 1.165) is 24.3 Å². The highest BCUT2D eigenvalue weighted by Crippen LogP contribution is 2.29. The molecular weight excluding hydrogens is 411 g/mol. The number of rotatable bonds is 9. The van der Waals surface area contributed by atoms with Crippen LogP contribution in [0.15, 0.2) is 52.1 Å². The number of halogens is 3. The smallest absolute Gasteiger partial charge is 0.416 e. The van der Waals surface area contributed by atoms with Crippen LogP contribution in [0.3, 0.4) is 0 Å². The molecule has 0 bridgehead atoms. The summed E-state index contributed by atoms with van der Waals surface area (Å²) in [5.74, 6) is 1.34. The Kier molecular flexibility index (Phi) is 8.36. The van der Waals surface area contributed by atoms with Crippen molar-refractivity contribution in [3.63, 3.8) is 0 Å². The normalized spacial score (nSPS) is 18.2. The van der Waals surface area contributed by atoms with Crippen molar-refractivity contribution in [3.8, 4) is 0 Å². The summed E-state index contributed by atoms with van der Waals surface area (Å²) >= 11 is 0. The van der Waals surface area contributed by atoms with Gasteiger partial charge in [0.2, 0.25) is 0 Å². The van der Waals surface area contributed by atoms with Gasteiger partial charge in [-0.15, -0.1) is 0 Å². The molecule has 2 N–H and O–H groups in total. The fourth-order valence-electron chi connectivity index (χ4n) is 3.13. The third-order valence-corrected chi connectivity index (χ3v) is 4.77. The van der Waals surface area contributed by atoms with E-state index in [2.05, 4.69) is 15.6 Å². The summed E-state index contributed by atoms with van der Waals surface area (Å²) in [6.07, 6.45) is -1.13. The zero-order valence-corrected chi connectivity index (χ0v) is 17.5. The second-order valence-electron chi connectivity index (χ2n) is 7.48. The molecule has 0 saturated carbocycles. The lowest BCUT2D eigenvalue weighted by Gasteiger charge is -2.20. The van der Waals surface area contributed by atoms with Gasteiger partial charge in [0.15, 0.2) is 5.96 Å². The van der Waals surface area contributed by atoms with Gasteiger partial charge in [-0.2, -0.15) is 13.2 Å². The monoisotopic (exact) mass is 439 g/mol. The molecule has 0 radical (unpaired) electrons. The Morgan fingerprint density at radius 3 is 2.87 bits per heavy atom. The molecule has 2 atom stereocenters. The van der Waals surface area contributed by atoms with Gasteiger partial charge < -0.3 is 24.5 Å². The number of nitrogens with zero attached hydrogens (tertiary/aromatic N) is 1. The molecule has 0 spiro atoms. The van der Waals surface area contributed by atoms with Crippen molar-refractivity contribution in [3.05, 3.63) is 59.5 Å². The van der Waals surface area contributed by atoms with Gasteiger partial charge in [0.25, 0.3) is 0 Å². The van der Waals surface area contributed by atoms with Crippen molar-refractivity contribution in [1.29, 1.82) is 0 Å². The van der Waals surface area contributed by atoms with Crippen molar-refractivity contribution in [2.24, 2.45) is 4.99 Å². The molecule has 31 heavy (non-hydrogen) atoms. The zero-order valence-electron chi connectivity index (χ0n) is 17.5. The first kappa shape index (κ1) is 23.1. The van der Waals surface area contributed by atoms with Crippen LogP contribution in [0.2, 0.25) is 0 Å². The Hall–Kier alpha value is -2.52. The maximum Gasteiger partial charge on any atom is 0.416 e. The number of hydrogen-bond acceptors (Lipinski definition) is 4. The Morgan fingerprint density at radius 1 is 1.29 bits per heavy atom. The van der Waals surface area contributed by atoms with E-state index in [0.29, 0.717) is 44.3 Å². The molecule has 3 rings (SSSR count). The SMILES string of the molecule is CC(COC1CCOC1)NC(=NCc1cccc(C(F)(F)F)c1)NCCc1ccco1. The first-order valence-electron chi connectivity index (χ1n) is 10.3. The van der Waals surface area contributed by atoms with Crippen molar-refractivity contribution in [1.82, 2.24) is 10.6 Å². The lowest BCUT2D eigenvalue weighted by Crippen LogP contribution is -2.45. The van der Waals surface area contributed by atoms with Crippen LogP contribution >= 0.6 is 0 Å². The quantitative estimate of drug-likeness (QED) is 0.460. The van der Waals surface area contributed by atoms with Gasteiger partial charge in [0.05, 0.1) is 37.7 Å². The molecule has 2 aromatic rings. The molecule has 170 valence electrons. The molecular formula is C22H28F3N3O3. The molecule has 1 fully saturated rings. The molecule has 1 aliphatic heterocycles. The lowest BCUT2D eigenvalue weighted by atomic mass is 10.1. The second kappa shape index (κ2) is 11.2. The van der Waals surface area contributed by atoms with E-state index in [-0.39, 0.29) is 18.7 Å². The summed E-state index contributed by atoms with van der Waals surface area (Å²) in [5, 5.41) is 6.46. The summed E-state index contributed by atoms with van der Waals surface area (Å²) in [7, 11) is 0. The van der Waals surface area contributed by atoms with Crippen LogP contribution in [0.4, 0.5) is 13.2 Å². The van der Waals surface area contributed by atoms with E-state index in [1.54, 1.807) is 12.3 Å². The Morgan fingerprint density at radius 2 is 2.16 bits per heavy atom. The van der Waals surface area contributed by atoms with Crippen LogP contribution in [-0.2, 0) is 28.6 Å². The van der Waals surface area contributed by atoms with Crippen LogP contribution in [0.5, 0.6) is 0 Å². The minimum atomic E-state index is -4.38. The van der Waals surface area contributed by atoms with Crippen molar-refractivity contribution in [2.45, 2.75) is 44.6 Å². The minimum absolute atomic E-state index is 0.0445. The maximum absolute atomic E-state index is 13.0. The van der Waals surface area contributed by atoms with E-state index >= 15 is 0 Å². The molecule has 0 aliphatic carbocycles. The fraction of sp³-hybridized carbons (Fsp3) is 0.500. The van der Waals surface area contributed by atoms with Gasteiger partial charge in [-0.25, -0.2) is 4.99 Å². The van der Waals surface area contributed by atoms with Gasteiger partial charge in [-0.05, 0) is 43.2 Å². The number of benzene rings is 1. The lowest BCUT2D eigenvalue weighted by molar-refractivity contribution is -0.137. The highest BCUT2D eigenvalue weighted by molar-refractivity contribution is 5.80. The van der Waals surface area contributed by atoms with Crippen LogP contribution in [-0.4, -0.2) is 44.5 Å². The first-order chi connectivity index (χ1) is 14.9. The van der Waals surface area contributed by atoms with Crippen LogP contribution < -0.4 is 10.6 Å². The zero-order chi connectivity index (χ0) is 22.1. The van der Waals surface area contributed by atoms with Gasteiger partial charge in [-0.1, -0.05) is 12.1 Å². The van der Waals surface area contributed by atoms with E-state index in [1.807, 2.05) is 19.1 Å². The molecule has 1 aliphatic rings. The minimum Gasteiger partial charge on any atom is -0.469 e. The maximum atomic E-state index is 13.0. The second-order valence-corrected chi connectivity index (χ2v) is 7.48. The fourth-order valence-corrected chi connectivity index (χ4v) is 3.13. The third-order valence-electron chi connectivity index (χ3n) is 4.77. The van der Waals surface area contributed by atoms with Gasteiger partial charge in [0, 0.05) is 25.6 Å². The van der Waals surface area contributed by atoms with E-state index in [1.165, 1.54) is 6.07 Å². The summed E-state index contributed by atoms with van der Waals surface area (Å²) in [5.41, 5.74) is -0.199. The number of alkyl halides is 3. The first-order valence-corrected chi connectivity index (χ1v) is 10.3. The van der Waals surface area contributed by atoms with Crippen LogP contribution in [0.1, 0.15) is 30.2 Å². The van der Waals surface area contributed by atoms with Crippen LogP contribution in [0, 0.1) is 0 Å². The highest BCUT2D eigenvalue weighted by atomic mass is 19.4. The largest absolute Gasteiger partial charge is 0.469 e. The summed E-state index contributed by atoms with van der Waals surface area (Å²) < 4.78 is 55.4. The number of furan rings is 1. The Balaban J connectivity index is 1.59. The standard InChI is InChI=1S/C22H28F3N3O3/c1-16(14-31-20-8-11-29-15-20)28-21(26-9-7-19-6-3-10-30-19)27-13-17-4-2-5-18(12-17)22(23,24)25/h2-6,10,12,16,20H,7-9,11,13-15H2,1H3,(H2,26,27,28). The van der Waals surface area contributed by atoms with Crippen molar-refractivity contribution in [2.75, 3.05) is 26.4 Å². The molecule has 1 saturated heterocycles. The van der Waals surface area contributed by atoms with E-state index in [9.17, 15) is 13.2 Å². The van der Waals surface area contributed by atoms with Crippen molar-refractivity contribution >= 4 is 5.96 Å². The number of ether oxygens (including phenoxy) is 2. The summed E-state index contributed by atoms with van der Waals surface area (Å²) in [6, 6.07) is 8.86. The molecule has 0 amide bonds. The summed E-state index contributed by atoms with van der Waals surface area (Å²) in [6.45, 7) is 4.42. The van der Waals surface area contributed by atoms with Crippen molar-refractivity contribution < 1.29 is 27.1 Å². The highest BCUT2D eigenvalue weighted by Gasteiger charge is 2.30. The predicted octanol–water partition coefficient (Wildman–Crippen LogP) is 3.77. The van der Waals surface area contributed by atoms with Crippen LogP contribution in [0.25, 0.3) is 0 Å². The molecule has 1 aromatic carbocycles. The van der Waals surface area contributed by atoms with Gasteiger partial charge >= 0.3 is 6.18 Å². The number of hydrogen-bond donors (Lipinski definition) is 2. The number of guanidine groups is 1. The number of aliphatic imine (C=N–C) groups is 1. The average molecular weight is 439 g/mol. The summed E-state index contributed by atoms with van der Waals surface area (Å²) in [4.78, 5) is 4.47. The average Bonchev–Trinajstić information content (AvgIpc) is 3.44. The molecule has 2 unspecified atom stereocenters. The Bertz CT molecular complexity index is 819. The van der Waals surface area contributed by atoms with Gasteiger partial charge in [-0.3, -0.25) is 0 Å². The third kappa shape index (κ3) is 7.91. The van der Waals surface area contributed by atoms with E-state index < -0.39 is 11.7 Å². The Labute approximate surface area is 179 Å².